The molecule has 5 heteroatoms. The van der Waals surface area contributed by atoms with E-state index in [1.165, 1.54) is 0 Å². The third-order valence-electron chi connectivity index (χ3n) is 2.97. The third kappa shape index (κ3) is 1.74. The second kappa shape index (κ2) is 4.20. The molecule has 0 radical (unpaired) electrons. The van der Waals surface area contributed by atoms with Crippen LogP contribution in [0, 0.1) is 0 Å². The summed E-state index contributed by atoms with van der Waals surface area (Å²) in [4.78, 5) is 0. The normalized spacial score (nSPS) is 13.6. The summed E-state index contributed by atoms with van der Waals surface area (Å²) in [5, 5.41) is 16.8. The van der Waals surface area contributed by atoms with Crippen LogP contribution in [0.1, 0.15) is 11.1 Å². The van der Waals surface area contributed by atoms with Gasteiger partial charge in [-0.2, -0.15) is 5.10 Å². The number of nitrogen functional groups attached to an aromatic ring is 1. The number of nitrogens with two attached hydrogens (primary N) is 1. The second-order valence-corrected chi connectivity index (χ2v) is 4.20. The number of hydrogen-bond donors (Lipinski definition) is 3. The van der Waals surface area contributed by atoms with E-state index in [2.05, 4.69) is 10.4 Å². The van der Waals surface area contributed by atoms with Crippen LogP contribution >= 0.6 is 0 Å². The first-order chi connectivity index (χ1) is 8.75. The second-order valence-electron chi connectivity index (χ2n) is 4.20. The number of hydrazone groups is 1. The van der Waals surface area contributed by atoms with Crippen molar-refractivity contribution < 1.29 is 5.02 Å². The predicted molar refractivity (Wildman–Crippen MR) is 73.7 cm³/mol. The van der Waals surface area contributed by atoms with Gasteiger partial charge in [-0.15, -0.1) is 0 Å². The van der Waals surface area contributed by atoms with Crippen molar-refractivity contribution in [2.24, 2.45) is 5.10 Å². The van der Waals surface area contributed by atoms with Crippen molar-refractivity contribution in [3.05, 3.63) is 59.7 Å². The Morgan fingerprint density at radius 2 is 1.89 bits per heavy atom. The van der Waals surface area contributed by atoms with Gasteiger partial charge in [0.05, 0.1) is 5.71 Å². The van der Waals surface area contributed by atoms with E-state index in [1.54, 1.807) is 6.07 Å². The first kappa shape index (κ1) is 10.9. The minimum atomic E-state index is -0.809. The molecule has 2 aromatic carbocycles. The number of nitrogens with zero attached hydrogens (tertiary/aromatic N) is 1. The molecule has 0 unspecified atom stereocenters. The molecule has 0 amide bonds. The van der Waals surface area contributed by atoms with Crippen molar-refractivity contribution in [1.29, 1.82) is 0 Å². The molecular formula is C13H12BN3O. The van der Waals surface area contributed by atoms with Gasteiger partial charge >= 0.3 is 7.05 Å². The van der Waals surface area contributed by atoms with E-state index in [-0.39, 0.29) is 0 Å². The average Bonchev–Trinajstić information content (AvgIpc) is 2.41. The van der Waals surface area contributed by atoms with Crippen LogP contribution in [-0.4, -0.2) is 17.8 Å². The first-order valence-corrected chi connectivity index (χ1v) is 5.72. The summed E-state index contributed by atoms with van der Waals surface area (Å²) in [7, 11) is -0.809. The van der Waals surface area contributed by atoms with Crippen LogP contribution in [0.25, 0.3) is 0 Å². The summed E-state index contributed by atoms with van der Waals surface area (Å²) in [5.41, 5.74) is 9.85. The number of benzene rings is 2. The van der Waals surface area contributed by atoms with Gasteiger partial charge in [0.15, 0.2) is 0 Å². The van der Waals surface area contributed by atoms with Crippen molar-refractivity contribution in [2.75, 3.05) is 5.73 Å². The molecule has 88 valence electrons. The molecule has 0 fully saturated rings. The maximum atomic E-state index is 9.88. The molecule has 0 aliphatic carbocycles. The topological polar surface area (TPSA) is 70.6 Å². The fourth-order valence-electron chi connectivity index (χ4n) is 2.09. The lowest BCUT2D eigenvalue weighted by molar-refractivity contribution is 0.565. The minimum Gasteiger partial charge on any atom is -0.428 e. The zero-order chi connectivity index (χ0) is 12.5. The molecule has 4 N–H and O–H groups in total. The highest BCUT2D eigenvalue weighted by atomic mass is 16.2. The Labute approximate surface area is 105 Å². The van der Waals surface area contributed by atoms with Crippen molar-refractivity contribution in [1.82, 2.24) is 5.34 Å². The fraction of sp³-hybridized carbons (Fsp3) is 0. The molecule has 0 aromatic heterocycles. The number of nitrogens with one attached hydrogen (secondary N) is 1. The predicted octanol–water partition coefficient (Wildman–Crippen LogP) is 0.312. The zero-order valence-corrected chi connectivity index (χ0v) is 9.67. The monoisotopic (exact) mass is 237 g/mol. The Kier molecular flexibility index (Phi) is 2.53. The van der Waals surface area contributed by atoms with E-state index >= 15 is 0 Å². The van der Waals surface area contributed by atoms with Gasteiger partial charge < -0.3 is 16.1 Å². The molecule has 1 aliphatic heterocycles. The van der Waals surface area contributed by atoms with Crippen molar-refractivity contribution >= 4 is 23.9 Å². The molecule has 3 rings (SSSR count). The molecule has 0 spiro atoms. The van der Waals surface area contributed by atoms with Crippen LogP contribution in [0.4, 0.5) is 5.69 Å². The Balaban J connectivity index is 2.15. The highest BCUT2D eigenvalue weighted by molar-refractivity contribution is 6.66. The highest BCUT2D eigenvalue weighted by Crippen LogP contribution is 2.14. The van der Waals surface area contributed by atoms with Crippen molar-refractivity contribution in [3.63, 3.8) is 0 Å². The Hall–Kier alpha value is -2.27. The first-order valence-electron chi connectivity index (χ1n) is 5.72. The summed E-state index contributed by atoms with van der Waals surface area (Å²) in [5.74, 6) is 0. The van der Waals surface area contributed by atoms with Crippen LogP contribution < -0.4 is 16.5 Å². The number of anilines is 1. The van der Waals surface area contributed by atoms with Gasteiger partial charge in [-0.1, -0.05) is 36.4 Å². The molecule has 2 aromatic rings. The van der Waals surface area contributed by atoms with Gasteiger partial charge in [-0.25, -0.2) is 0 Å². The van der Waals surface area contributed by atoms with Crippen LogP contribution in [0.5, 0.6) is 0 Å². The molecule has 1 aliphatic rings. The Morgan fingerprint density at radius 1 is 1.11 bits per heavy atom. The van der Waals surface area contributed by atoms with Gasteiger partial charge in [0, 0.05) is 16.8 Å². The number of rotatable bonds is 1. The molecular weight excluding hydrogens is 225 g/mol. The lowest BCUT2D eigenvalue weighted by Crippen LogP contribution is -2.49. The summed E-state index contributed by atoms with van der Waals surface area (Å²) in [6.45, 7) is 0. The quantitative estimate of drug-likeness (QED) is 0.493. The largest absolute Gasteiger partial charge is 0.464 e. The summed E-state index contributed by atoms with van der Waals surface area (Å²) in [6.07, 6.45) is 0. The van der Waals surface area contributed by atoms with Crippen molar-refractivity contribution in [3.8, 4) is 0 Å². The van der Waals surface area contributed by atoms with Crippen LogP contribution in [0.15, 0.2) is 53.6 Å². The SMILES string of the molecule is Nc1ccc2c(c1)B(O)NN=C2c1ccccc1. The van der Waals surface area contributed by atoms with Gasteiger partial charge in [-0.05, 0) is 17.6 Å². The standard InChI is InChI=1S/C13H12BN3O/c15-10-6-7-11-12(8-10)14(18)17-16-13(11)9-4-2-1-3-5-9/h1-8,17-18H,15H2. The fourth-order valence-corrected chi connectivity index (χ4v) is 2.09. The molecule has 0 saturated carbocycles. The molecule has 0 atom stereocenters. The Morgan fingerprint density at radius 3 is 2.67 bits per heavy atom. The van der Waals surface area contributed by atoms with E-state index in [9.17, 15) is 5.02 Å². The Bertz CT molecular complexity index is 613. The van der Waals surface area contributed by atoms with Crippen molar-refractivity contribution in [2.45, 2.75) is 0 Å². The van der Waals surface area contributed by atoms with E-state index in [0.717, 1.165) is 22.3 Å². The highest BCUT2D eigenvalue weighted by Gasteiger charge is 2.26. The van der Waals surface area contributed by atoms with Gasteiger partial charge in [0.1, 0.15) is 0 Å². The lowest BCUT2D eigenvalue weighted by atomic mass is 9.70. The molecule has 4 nitrogen and oxygen atoms in total. The number of hydrogen-bond acceptors (Lipinski definition) is 4. The minimum absolute atomic E-state index is 0.629. The molecule has 1 heterocycles. The van der Waals surface area contributed by atoms with E-state index in [1.807, 2.05) is 42.5 Å². The lowest BCUT2D eigenvalue weighted by Gasteiger charge is -2.20. The van der Waals surface area contributed by atoms with E-state index < -0.39 is 7.05 Å². The van der Waals surface area contributed by atoms with Gasteiger partial charge in [-0.3, -0.25) is 0 Å². The van der Waals surface area contributed by atoms with E-state index in [0.29, 0.717) is 5.69 Å². The summed E-state index contributed by atoms with van der Waals surface area (Å²) >= 11 is 0. The zero-order valence-electron chi connectivity index (χ0n) is 9.67. The average molecular weight is 237 g/mol. The van der Waals surface area contributed by atoms with Crippen LogP contribution in [0.3, 0.4) is 0 Å². The molecule has 0 saturated heterocycles. The van der Waals surface area contributed by atoms with E-state index in [4.69, 9.17) is 5.73 Å². The third-order valence-corrected chi connectivity index (χ3v) is 2.97. The molecule has 18 heavy (non-hydrogen) atoms. The van der Waals surface area contributed by atoms with Crippen LogP contribution in [-0.2, 0) is 0 Å². The maximum absolute atomic E-state index is 9.88. The summed E-state index contributed by atoms with van der Waals surface area (Å²) in [6, 6.07) is 15.3. The van der Waals surface area contributed by atoms with Crippen LogP contribution in [0.2, 0.25) is 0 Å². The smallest absolute Gasteiger partial charge is 0.428 e. The maximum Gasteiger partial charge on any atom is 0.464 e. The summed E-state index contributed by atoms with van der Waals surface area (Å²) < 4.78 is 0. The number of fused-ring (bicyclic) bond motifs is 1. The van der Waals surface area contributed by atoms with Gasteiger partial charge in [0.25, 0.3) is 0 Å². The molecule has 0 bridgehead atoms. The van der Waals surface area contributed by atoms with Gasteiger partial charge in [0.2, 0.25) is 0 Å².